The van der Waals surface area contributed by atoms with E-state index < -0.39 is 42.2 Å². The predicted molar refractivity (Wildman–Crippen MR) is 158 cm³/mol. The molecule has 230 valence electrons. The van der Waals surface area contributed by atoms with Crippen LogP contribution in [0.2, 0.25) is 0 Å². The summed E-state index contributed by atoms with van der Waals surface area (Å²) in [5, 5.41) is 20.8. The van der Waals surface area contributed by atoms with Gasteiger partial charge in [0.2, 0.25) is 11.8 Å². The maximum atomic E-state index is 12.8. The third-order valence-electron chi connectivity index (χ3n) is 6.08. The molecule has 2 rings (SSSR count). The minimum absolute atomic E-state index is 0.0680. The molecule has 0 fully saturated rings. The summed E-state index contributed by atoms with van der Waals surface area (Å²) in [6.07, 6.45) is -1.83. The number of hydrogen-bond donors (Lipinski definition) is 5. The molecule has 0 saturated heterocycles. The summed E-state index contributed by atoms with van der Waals surface area (Å²) in [7, 11) is 0. The quantitative estimate of drug-likeness (QED) is 0.203. The molecule has 0 aliphatic rings. The highest BCUT2D eigenvalue weighted by Crippen LogP contribution is 2.08. The molecule has 42 heavy (non-hydrogen) atoms. The third-order valence-corrected chi connectivity index (χ3v) is 6.08. The number of benzene rings is 2. The molecule has 5 N–H and O–H groups in total. The normalized spacial score (nSPS) is 12.4. The molecule has 11 heteroatoms. The van der Waals surface area contributed by atoms with Crippen LogP contribution in [0.5, 0.6) is 0 Å². The first-order valence-corrected chi connectivity index (χ1v) is 14.2. The third kappa shape index (κ3) is 14.0. The van der Waals surface area contributed by atoms with Crippen molar-refractivity contribution in [3.8, 4) is 0 Å². The van der Waals surface area contributed by atoms with Crippen LogP contribution in [0.3, 0.4) is 0 Å². The number of carbonyl (C=O) groups excluding carboxylic acids is 4. The summed E-state index contributed by atoms with van der Waals surface area (Å²) in [5.74, 6) is -0.759. The van der Waals surface area contributed by atoms with Gasteiger partial charge in [-0.1, -0.05) is 88.4 Å². The van der Waals surface area contributed by atoms with Crippen LogP contribution in [0, 0.1) is 11.8 Å². The Kier molecular flexibility index (Phi) is 14.9. The lowest BCUT2D eigenvalue weighted by Gasteiger charge is -2.22. The van der Waals surface area contributed by atoms with Crippen LogP contribution in [0.4, 0.5) is 9.59 Å². The molecule has 2 atom stereocenters. The number of ether oxygens (including phenoxy) is 2. The predicted octanol–water partition coefficient (Wildman–Crippen LogP) is 3.26. The minimum atomic E-state index is -1.10. The molecule has 0 aliphatic carbocycles. The van der Waals surface area contributed by atoms with Crippen molar-refractivity contribution < 1.29 is 33.8 Å². The fraction of sp³-hybridized carbons (Fsp3) is 0.484. The summed E-state index contributed by atoms with van der Waals surface area (Å²) in [6.45, 7) is 7.49. The van der Waals surface area contributed by atoms with Crippen molar-refractivity contribution in [2.24, 2.45) is 11.8 Å². The highest BCUT2D eigenvalue weighted by molar-refractivity contribution is 5.86. The summed E-state index contributed by atoms with van der Waals surface area (Å²) >= 11 is 0. The maximum Gasteiger partial charge on any atom is 0.408 e. The first-order valence-electron chi connectivity index (χ1n) is 14.2. The van der Waals surface area contributed by atoms with Crippen molar-refractivity contribution in [3.05, 3.63) is 71.8 Å². The van der Waals surface area contributed by atoms with E-state index in [-0.39, 0.29) is 38.1 Å². The second-order valence-electron chi connectivity index (χ2n) is 10.9. The second-order valence-corrected chi connectivity index (χ2v) is 10.9. The molecule has 11 nitrogen and oxygen atoms in total. The van der Waals surface area contributed by atoms with Crippen molar-refractivity contribution >= 4 is 24.0 Å². The number of aliphatic hydroxyl groups excluding tert-OH is 1. The Hall–Kier alpha value is -4.12. The number of hydrogen-bond acceptors (Lipinski definition) is 7. The van der Waals surface area contributed by atoms with Gasteiger partial charge in [-0.3, -0.25) is 9.59 Å². The summed E-state index contributed by atoms with van der Waals surface area (Å²) < 4.78 is 10.5. The van der Waals surface area contributed by atoms with Gasteiger partial charge in [0.15, 0.2) is 0 Å². The Bertz CT molecular complexity index is 1030. The first-order chi connectivity index (χ1) is 20.0. The van der Waals surface area contributed by atoms with Crippen molar-refractivity contribution in [2.45, 2.75) is 71.9 Å². The van der Waals surface area contributed by atoms with Gasteiger partial charge in [-0.2, -0.15) is 0 Å². The molecule has 0 radical (unpaired) electrons. The van der Waals surface area contributed by atoms with Crippen LogP contribution in [0.1, 0.15) is 51.7 Å². The lowest BCUT2D eigenvalue weighted by Crippen LogP contribution is -2.52. The summed E-state index contributed by atoms with van der Waals surface area (Å²) in [5.41, 5.74) is 1.63. The van der Waals surface area contributed by atoms with E-state index in [1.807, 2.05) is 88.4 Å². The highest BCUT2D eigenvalue weighted by atomic mass is 16.6. The zero-order valence-electron chi connectivity index (χ0n) is 24.8. The van der Waals surface area contributed by atoms with E-state index in [2.05, 4.69) is 21.3 Å². The van der Waals surface area contributed by atoms with Crippen LogP contribution in [0.15, 0.2) is 60.7 Å². The molecule has 0 aromatic heterocycles. The van der Waals surface area contributed by atoms with Crippen LogP contribution in [-0.2, 0) is 32.3 Å². The zero-order chi connectivity index (χ0) is 30.9. The van der Waals surface area contributed by atoms with Gasteiger partial charge >= 0.3 is 12.2 Å². The van der Waals surface area contributed by atoms with Crippen LogP contribution in [0.25, 0.3) is 0 Å². The molecular weight excluding hydrogens is 540 g/mol. The topological polar surface area (TPSA) is 155 Å². The standard InChI is InChI=1S/C31H44N4O7/c1-21(2)15-26(34-30(39)41-19-23-11-7-5-8-12-23)28(37)32-17-25(36)18-33-29(38)27(16-22(3)4)35-31(40)42-20-24-13-9-6-10-14-24/h5-14,21-22,25-27,36H,15-20H2,1-4H3,(H,32,37)(H,33,38)(H,34,39)(H,35,40)/t26-,27-/m0/s1. The van der Waals surface area contributed by atoms with E-state index in [9.17, 15) is 24.3 Å². The average molecular weight is 585 g/mol. The Morgan fingerprint density at radius 3 is 1.33 bits per heavy atom. The van der Waals surface area contributed by atoms with E-state index in [0.717, 1.165) is 11.1 Å². The molecular formula is C31H44N4O7. The number of carbonyl (C=O) groups is 4. The molecule has 0 spiro atoms. The number of amides is 4. The lowest BCUT2D eigenvalue weighted by molar-refractivity contribution is -0.124. The number of rotatable bonds is 16. The van der Waals surface area contributed by atoms with Gasteiger partial charge in [-0.15, -0.1) is 0 Å². The van der Waals surface area contributed by atoms with Gasteiger partial charge in [-0.05, 0) is 35.8 Å². The van der Waals surface area contributed by atoms with Crippen LogP contribution >= 0.6 is 0 Å². The molecule has 0 heterocycles. The van der Waals surface area contributed by atoms with E-state index in [1.54, 1.807) is 0 Å². The van der Waals surface area contributed by atoms with Gasteiger partial charge in [0, 0.05) is 13.1 Å². The smallest absolute Gasteiger partial charge is 0.408 e. The molecule has 0 saturated carbocycles. The summed E-state index contributed by atoms with van der Waals surface area (Å²) in [4.78, 5) is 50.2. The number of alkyl carbamates (subject to hydrolysis) is 2. The Morgan fingerprint density at radius 2 is 1.00 bits per heavy atom. The largest absolute Gasteiger partial charge is 0.445 e. The van der Waals surface area contributed by atoms with E-state index in [0.29, 0.717) is 12.8 Å². The molecule has 2 aromatic rings. The average Bonchev–Trinajstić information content (AvgIpc) is 2.96. The van der Waals surface area contributed by atoms with Gasteiger partial charge < -0.3 is 35.8 Å². The van der Waals surface area contributed by atoms with Crippen molar-refractivity contribution in [3.63, 3.8) is 0 Å². The second kappa shape index (κ2) is 18.3. The van der Waals surface area contributed by atoms with Crippen molar-refractivity contribution in [1.29, 1.82) is 0 Å². The lowest BCUT2D eigenvalue weighted by atomic mass is 10.0. The Labute approximate surface area is 247 Å². The van der Waals surface area contributed by atoms with Crippen LogP contribution in [-0.4, -0.2) is 60.4 Å². The molecule has 2 aromatic carbocycles. The van der Waals surface area contributed by atoms with Crippen LogP contribution < -0.4 is 21.3 Å². The van der Waals surface area contributed by atoms with Crippen molar-refractivity contribution in [2.75, 3.05) is 13.1 Å². The van der Waals surface area contributed by atoms with Gasteiger partial charge in [0.05, 0.1) is 6.10 Å². The molecule has 0 unspecified atom stereocenters. The van der Waals surface area contributed by atoms with E-state index >= 15 is 0 Å². The maximum absolute atomic E-state index is 12.8. The SMILES string of the molecule is CC(C)C[C@H](NC(=O)OCc1ccccc1)C(=O)NCC(O)CNC(=O)[C@H](CC(C)C)NC(=O)OCc1ccccc1. The van der Waals surface area contributed by atoms with E-state index in [4.69, 9.17) is 9.47 Å². The van der Waals surface area contributed by atoms with Crippen molar-refractivity contribution in [1.82, 2.24) is 21.3 Å². The Morgan fingerprint density at radius 1 is 0.643 bits per heavy atom. The van der Waals surface area contributed by atoms with Gasteiger partial charge in [0.1, 0.15) is 25.3 Å². The first kappa shape index (κ1) is 34.1. The fourth-order valence-corrected chi connectivity index (χ4v) is 3.98. The summed E-state index contributed by atoms with van der Waals surface area (Å²) in [6, 6.07) is 16.6. The number of aliphatic hydroxyl groups is 1. The molecule has 4 amide bonds. The van der Waals surface area contributed by atoms with Gasteiger partial charge in [-0.25, -0.2) is 9.59 Å². The fourth-order valence-electron chi connectivity index (χ4n) is 3.98. The molecule has 0 aliphatic heterocycles. The molecule has 0 bridgehead atoms. The zero-order valence-corrected chi connectivity index (χ0v) is 24.8. The monoisotopic (exact) mass is 584 g/mol. The van der Waals surface area contributed by atoms with Gasteiger partial charge in [0.25, 0.3) is 0 Å². The number of nitrogens with one attached hydrogen (secondary N) is 4. The van der Waals surface area contributed by atoms with E-state index in [1.165, 1.54) is 0 Å². The Balaban J connectivity index is 1.80. The highest BCUT2D eigenvalue weighted by Gasteiger charge is 2.25. The minimum Gasteiger partial charge on any atom is -0.445 e.